The molecule has 0 aliphatic rings. The maximum absolute atomic E-state index is 13.5. The third-order valence-corrected chi connectivity index (χ3v) is 2.05. The van der Waals surface area contributed by atoms with Crippen LogP contribution in [0.5, 0.6) is 5.75 Å². The first-order valence-electron chi connectivity index (χ1n) is 5.53. The molecule has 0 aliphatic carbocycles. The summed E-state index contributed by atoms with van der Waals surface area (Å²) in [4.78, 5) is 22.2. The molecule has 98 valence electrons. The van der Waals surface area contributed by atoms with Gasteiger partial charge < -0.3 is 9.47 Å². The topological polar surface area (TPSA) is 52.6 Å². The maximum atomic E-state index is 13.5. The van der Waals surface area contributed by atoms with E-state index in [1.165, 1.54) is 19.1 Å². The number of esters is 1. The van der Waals surface area contributed by atoms with E-state index < -0.39 is 11.8 Å². The maximum Gasteiger partial charge on any atom is 0.344 e. The summed E-state index contributed by atoms with van der Waals surface area (Å²) in [6.45, 7) is 4.39. The zero-order chi connectivity index (χ0) is 13.7. The molecule has 0 unspecified atom stereocenters. The smallest absolute Gasteiger partial charge is 0.344 e. The van der Waals surface area contributed by atoms with E-state index in [1.807, 2.05) is 0 Å². The summed E-state index contributed by atoms with van der Waals surface area (Å²) in [7, 11) is 0. The quantitative estimate of drug-likeness (QED) is 0.598. The molecule has 0 saturated heterocycles. The molecule has 0 heterocycles. The second kappa shape index (κ2) is 6.14. The lowest BCUT2D eigenvalue weighted by Gasteiger charge is -2.10. The molecule has 1 aromatic carbocycles. The summed E-state index contributed by atoms with van der Waals surface area (Å²) in [5.41, 5.74) is 0.254. The summed E-state index contributed by atoms with van der Waals surface area (Å²) in [5.74, 6) is -1.57. The third kappa shape index (κ3) is 4.16. The molecule has 0 bridgehead atoms. The van der Waals surface area contributed by atoms with Crippen LogP contribution in [0.3, 0.4) is 0 Å². The molecule has 0 aromatic heterocycles. The number of hydrogen-bond acceptors (Lipinski definition) is 4. The monoisotopic (exact) mass is 254 g/mol. The summed E-state index contributed by atoms with van der Waals surface area (Å²) in [6.07, 6.45) is -0.244. The minimum absolute atomic E-state index is 0.0827. The first kappa shape index (κ1) is 14.2. The van der Waals surface area contributed by atoms with Gasteiger partial charge in [0.2, 0.25) is 0 Å². The van der Waals surface area contributed by atoms with Crippen molar-refractivity contribution in [1.82, 2.24) is 0 Å². The third-order valence-electron chi connectivity index (χ3n) is 2.05. The Labute approximate surface area is 105 Å². The Kier molecular flexibility index (Phi) is 4.83. The van der Waals surface area contributed by atoms with Crippen LogP contribution >= 0.6 is 0 Å². The molecule has 0 amide bonds. The van der Waals surface area contributed by atoms with Crippen LogP contribution in [-0.4, -0.2) is 24.5 Å². The van der Waals surface area contributed by atoms with Gasteiger partial charge in [0.05, 0.1) is 6.10 Å². The van der Waals surface area contributed by atoms with Gasteiger partial charge in [-0.2, -0.15) is 0 Å². The highest BCUT2D eigenvalue weighted by atomic mass is 19.1. The average molecular weight is 254 g/mol. The number of hydrogen-bond donors (Lipinski definition) is 0. The van der Waals surface area contributed by atoms with E-state index in [0.29, 0.717) is 0 Å². The summed E-state index contributed by atoms with van der Waals surface area (Å²) >= 11 is 0. The van der Waals surface area contributed by atoms with E-state index in [1.54, 1.807) is 13.8 Å². The molecule has 0 radical (unpaired) electrons. The van der Waals surface area contributed by atoms with Crippen molar-refractivity contribution in [3.63, 3.8) is 0 Å². The highest BCUT2D eigenvalue weighted by molar-refractivity contribution is 5.94. The van der Waals surface area contributed by atoms with Gasteiger partial charge in [-0.05, 0) is 39.0 Å². The lowest BCUT2D eigenvalue weighted by molar-refractivity contribution is -0.149. The van der Waals surface area contributed by atoms with E-state index >= 15 is 0 Å². The Morgan fingerprint density at radius 3 is 2.50 bits per heavy atom. The highest BCUT2D eigenvalue weighted by Gasteiger charge is 2.11. The minimum atomic E-state index is -0.681. The zero-order valence-electron chi connectivity index (χ0n) is 10.5. The molecule has 0 aliphatic heterocycles. The van der Waals surface area contributed by atoms with Gasteiger partial charge in [-0.3, -0.25) is 4.79 Å². The number of Topliss-reactive ketones (excluding diaryl/α,β-unsaturated/α-hetero) is 1. The van der Waals surface area contributed by atoms with E-state index in [-0.39, 0.29) is 29.8 Å². The second-order valence-electron chi connectivity index (χ2n) is 4.03. The normalized spacial score (nSPS) is 10.3. The zero-order valence-corrected chi connectivity index (χ0v) is 10.5. The van der Waals surface area contributed by atoms with Crippen LogP contribution < -0.4 is 4.74 Å². The highest BCUT2D eigenvalue weighted by Crippen LogP contribution is 2.18. The predicted octanol–water partition coefficient (Wildman–Crippen LogP) is 2.36. The molecule has 0 saturated carbocycles. The molecule has 0 N–H and O–H groups in total. The molecular weight excluding hydrogens is 239 g/mol. The summed E-state index contributed by atoms with van der Waals surface area (Å²) in [6, 6.07) is 3.83. The summed E-state index contributed by atoms with van der Waals surface area (Å²) < 4.78 is 23.3. The van der Waals surface area contributed by atoms with E-state index in [4.69, 9.17) is 9.47 Å². The van der Waals surface area contributed by atoms with Crippen LogP contribution in [-0.2, 0) is 9.53 Å². The van der Waals surface area contributed by atoms with Crippen LogP contribution in [0.4, 0.5) is 4.39 Å². The van der Waals surface area contributed by atoms with Crippen LogP contribution in [0.2, 0.25) is 0 Å². The Bertz CT molecular complexity index is 454. The average Bonchev–Trinajstić information content (AvgIpc) is 2.26. The molecular formula is C13H15FO4. The fourth-order valence-corrected chi connectivity index (χ4v) is 1.27. The molecule has 1 aromatic rings. The molecule has 1 rings (SSSR count). The van der Waals surface area contributed by atoms with Crippen molar-refractivity contribution >= 4 is 11.8 Å². The van der Waals surface area contributed by atoms with Crippen molar-refractivity contribution in [1.29, 1.82) is 0 Å². The standard InChI is InChI=1S/C13H15FO4/c1-8(2)18-13(16)7-17-12-5-4-10(9(3)15)6-11(12)14/h4-6,8H,7H2,1-3H3. The van der Waals surface area contributed by atoms with Crippen LogP contribution in [0.25, 0.3) is 0 Å². The molecule has 0 atom stereocenters. The van der Waals surface area contributed by atoms with Gasteiger partial charge >= 0.3 is 5.97 Å². The number of carbonyl (C=O) groups is 2. The van der Waals surface area contributed by atoms with Gasteiger partial charge in [0, 0.05) is 5.56 Å². The Balaban J connectivity index is 2.63. The number of rotatable bonds is 5. The molecule has 4 nitrogen and oxygen atoms in total. The van der Waals surface area contributed by atoms with Crippen molar-refractivity contribution in [3.05, 3.63) is 29.6 Å². The number of ether oxygens (including phenoxy) is 2. The Morgan fingerprint density at radius 1 is 1.33 bits per heavy atom. The fourth-order valence-electron chi connectivity index (χ4n) is 1.27. The molecule has 0 spiro atoms. The minimum Gasteiger partial charge on any atom is -0.479 e. The SMILES string of the molecule is CC(=O)c1ccc(OCC(=O)OC(C)C)c(F)c1. The van der Waals surface area contributed by atoms with E-state index in [0.717, 1.165) is 6.07 Å². The molecule has 18 heavy (non-hydrogen) atoms. The number of ketones is 1. The van der Waals surface area contributed by atoms with Crippen LogP contribution in [0.1, 0.15) is 31.1 Å². The molecule has 0 fully saturated rings. The predicted molar refractivity (Wildman–Crippen MR) is 63.1 cm³/mol. The van der Waals surface area contributed by atoms with Gasteiger partial charge in [-0.25, -0.2) is 9.18 Å². The van der Waals surface area contributed by atoms with Gasteiger partial charge in [0.25, 0.3) is 0 Å². The van der Waals surface area contributed by atoms with Crippen molar-refractivity contribution in [2.75, 3.05) is 6.61 Å². The fraction of sp³-hybridized carbons (Fsp3) is 0.385. The Morgan fingerprint density at radius 2 is 2.00 bits per heavy atom. The van der Waals surface area contributed by atoms with Crippen LogP contribution in [0, 0.1) is 5.82 Å². The van der Waals surface area contributed by atoms with Gasteiger partial charge in [0.15, 0.2) is 24.0 Å². The number of carbonyl (C=O) groups excluding carboxylic acids is 2. The van der Waals surface area contributed by atoms with Gasteiger partial charge in [0.1, 0.15) is 0 Å². The first-order chi connectivity index (χ1) is 8.40. The van der Waals surface area contributed by atoms with E-state index in [2.05, 4.69) is 0 Å². The first-order valence-corrected chi connectivity index (χ1v) is 5.53. The van der Waals surface area contributed by atoms with Gasteiger partial charge in [-0.1, -0.05) is 0 Å². The Hall–Kier alpha value is -1.91. The summed E-state index contributed by atoms with van der Waals surface area (Å²) in [5, 5.41) is 0. The number of benzene rings is 1. The van der Waals surface area contributed by atoms with Crippen molar-refractivity contribution < 1.29 is 23.5 Å². The lowest BCUT2D eigenvalue weighted by atomic mass is 10.1. The lowest BCUT2D eigenvalue weighted by Crippen LogP contribution is -2.19. The van der Waals surface area contributed by atoms with Crippen molar-refractivity contribution in [3.8, 4) is 5.75 Å². The van der Waals surface area contributed by atoms with E-state index in [9.17, 15) is 14.0 Å². The van der Waals surface area contributed by atoms with Crippen molar-refractivity contribution in [2.24, 2.45) is 0 Å². The van der Waals surface area contributed by atoms with Gasteiger partial charge in [-0.15, -0.1) is 0 Å². The number of halogens is 1. The molecule has 5 heteroatoms. The van der Waals surface area contributed by atoms with Crippen LogP contribution in [0.15, 0.2) is 18.2 Å². The largest absolute Gasteiger partial charge is 0.479 e. The second-order valence-corrected chi connectivity index (χ2v) is 4.03. The van der Waals surface area contributed by atoms with Crippen molar-refractivity contribution in [2.45, 2.75) is 26.9 Å².